The molecule has 1 aromatic carbocycles. The van der Waals surface area contributed by atoms with Crippen LogP contribution in [0, 0.1) is 0 Å². The van der Waals surface area contributed by atoms with Gasteiger partial charge in [-0.1, -0.05) is 12.2 Å². The Labute approximate surface area is 111 Å². The van der Waals surface area contributed by atoms with Crippen LogP contribution in [0.25, 0.3) is 0 Å². The van der Waals surface area contributed by atoms with Gasteiger partial charge in [-0.3, -0.25) is 0 Å². The SMILES string of the molecule is FC(F)(F)c1cc(C2CC=CCN2)cc(C(F)(F)F)c1. The lowest BCUT2D eigenvalue weighted by Crippen LogP contribution is -2.25. The molecule has 1 unspecified atom stereocenters. The number of hydrogen-bond acceptors (Lipinski definition) is 1. The Morgan fingerprint density at radius 1 is 0.850 bits per heavy atom. The second-order valence-corrected chi connectivity index (χ2v) is 4.51. The monoisotopic (exact) mass is 295 g/mol. The summed E-state index contributed by atoms with van der Waals surface area (Å²) in [7, 11) is 0. The van der Waals surface area contributed by atoms with Gasteiger partial charge in [-0.2, -0.15) is 26.3 Å². The highest BCUT2D eigenvalue weighted by atomic mass is 19.4. The van der Waals surface area contributed by atoms with E-state index in [1.807, 2.05) is 0 Å². The third-order valence-corrected chi connectivity index (χ3v) is 3.03. The molecular weight excluding hydrogens is 284 g/mol. The van der Waals surface area contributed by atoms with Crippen LogP contribution in [-0.4, -0.2) is 6.54 Å². The van der Waals surface area contributed by atoms with Gasteiger partial charge in [-0.15, -0.1) is 0 Å². The molecule has 0 aliphatic carbocycles. The second kappa shape index (κ2) is 5.12. The van der Waals surface area contributed by atoms with Crippen molar-refractivity contribution in [1.29, 1.82) is 0 Å². The van der Waals surface area contributed by atoms with E-state index >= 15 is 0 Å². The number of alkyl halides is 6. The van der Waals surface area contributed by atoms with E-state index in [1.54, 1.807) is 12.2 Å². The van der Waals surface area contributed by atoms with Crippen molar-refractivity contribution < 1.29 is 26.3 Å². The smallest absolute Gasteiger partial charge is 0.306 e. The second-order valence-electron chi connectivity index (χ2n) is 4.51. The average Bonchev–Trinajstić information content (AvgIpc) is 2.37. The van der Waals surface area contributed by atoms with Crippen LogP contribution in [0.1, 0.15) is 29.2 Å². The molecule has 7 heteroatoms. The molecule has 0 bridgehead atoms. The van der Waals surface area contributed by atoms with Crippen molar-refractivity contribution in [2.45, 2.75) is 24.8 Å². The molecule has 0 spiro atoms. The molecule has 1 aromatic rings. The van der Waals surface area contributed by atoms with Crippen molar-refractivity contribution in [2.24, 2.45) is 0 Å². The molecule has 20 heavy (non-hydrogen) atoms. The van der Waals surface area contributed by atoms with Crippen LogP contribution in [0.2, 0.25) is 0 Å². The minimum absolute atomic E-state index is 0.00324. The maximum Gasteiger partial charge on any atom is 0.416 e. The maximum atomic E-state index is 12.7. The molecule has 0 radical (unpaired) electrons. The lowest BCUT2D eigenvalue weighted by molar-refractivity contribution is -0.143. The summed E-state index contributed by atoms with van der Waals surface area (Å²) in [6.07, 6.45) is -5.75. The Hall–Kier alpha value is -1.50. The third-order valence-electron chi connectivity index (χ3n) is 3.03. The minimum atomic E-state index is -4.81. The molecule has 0 saturated heterocycles. The number of halogens is 6. The van der Waals surface area contributed by atoms with Crippen molar-refractivity contribution in [2.75, 3.05) is 6.54 Å². The van der Waals surface area contributed by atoms with E-state index in [9.17, 15) is 26.3 Å². The molecule has 1 heterocycles. The quantitative estimate of drug-likeness (QED) is 0.601. The molecule has 1 aliphatic rings. The van der Waals surface area contributed by atoms with Crippen molar-refractivity contribution in [3.63, 3.8) is 0 Å². The first-order valence-electron chi connectivity index (χ1n) is 5.85. The highest BCUT2D eigenvalue weighted by Crippen LogP contribution is 2.38. The Kier molecular flexibility index (Phi) is 3.82. The Morgan fingerprint density at radius 2 is 1.40 bits per heavy atom. The first-order valence-corrected chi connectivity index (χ1v) is 5.85. The lowest BCUT2D eigenvalue weighted by atomic mass is 9.96. The predicted octanol–water partition coefficient (Wildman–Crippen LogP) is 4.31. The van der Waals surface area contributed by atoms with E-state index in [2.05, 4.69) is 5.32 Å². The molecule has 1 N–H and O–H groups in total. The molecule has 0 saturated carbocycles. The molecule has 0 aromatic heterocycles. The third kappa shape index (κ3) is 3.33. The van der Waals surface area contributed by atoms with Crippen LogP contribution in [0.15, 0.2) is 30.4 Å². The van der Waals surface area contributed by atoms with Gasteiger partial charge in [0.25, 0.3) is 0 Å². The van der Waals surface area contributed by atoms with E-state index in [4.69, 9.17) is 0 Å². The first kappa shape index (κ1) is 14.9. The predicted molar refractivity (Wildman–Crippen MR) is 60.9 cm³/mol. The zero-order chi connectivity index (χ0) is 15.0. The fourth-order valence-corrected chi connectivity index (χ4v) is 2.04. The topological polar surface area (TPSA) is 12.0 Å². The molecule has 0 amide bonds. The van der Waals surface area contributed by atoms with Gasteiger partial charge in [0.1, 0.15) is 0 Å². The van der Waals surface area contributed by atoms with Crippen molar-refractivity contribution >= 4 is 0 Å². The Bertz CT molecular complexity index is 482. The van der Waals surface area contributed by atoms with E-state index in [0.717, 1.165) is 12.1 Å². The van der Waals surface area contributed by atoms with Gasteiger partial charge in [0, 0.05) is 12.6 Å². The molecule has 2 rings (SSSR count). The van der Waals surface area contributed by atoms with Crippen LogP contribution in [-0.2, 0) is 12.4 Å². The summed E-state index contributed by atoms with van der Waals surface area (Å²) in [5, 5.41) is 2.87. The van der Waals surface area contributed by atoms with Crippen molar-refractivity contribution in [3.05, 3.63) is 47.0 Å². The van der Waals surface area contributed by atoms with E-state index in [1.165, 1.54) is 0 Å². The number of hydrogen-bond donors (Lipinski definition) is 1. The van der Waals surface area contributed by atoms with Crippen LogP contribution in [0.5, 0.6) is 0 Å². The Morgan fingerprint density at radius 3 is 1.80 bits per heavy atom. The van der Waals surface area contributed by atoms with Crippen molar-refractivity contribution in [1.82, 2.24) is 5.32 Å². The van der Waals surface area contributed by atoms with E-state index in [0.29, 0.717) is 13.0 Å². The molecule has 1 nitrogen and oxygen atoms in total. The van der Waals surface area contributed by atoms with Gasteiger partial charge in [0.05, 0.1) is 11.1 Å². The van der Waals surface area contributed by atoms with Gasteiger partial charge >= 0.3 is 12.4 Å². The lowest BCUT2D eigenvalue weighted by Gasteiger charge is -2.22. The van der Waals surface area contributed by atoms with Crippen molar-refractivity contribution in [3.8, 4) is 0 Å². The fourth-order valence-electron chi connectivity index (χ4n) is 2.04. The highest BCUT2D eigenvalue weighted by Gasteiger charge is 2.37. The van der Waals surface area contributed by atoms with Gasteiger partial charge in [0.15, 0.2) is 0 Å². The van der Waals surface area contributed by atoms with Crippen LogP contribution < -0.4 is 5.32 Å². The summed E-state index contributed by atoms with van der Waals surface area (Å²) in [4.78, 5) is 0. The van der Waals surface area contributed by atoms with E-state index < -0.39 is 29.5 Å². The Balaban J connectivity index is 2.48. The van der Waals surface area contributed by atoms with Gasteiger partial charge in [-0.25, -0.2) is 0 Å². The van der Waals surface area contributed by atoms with Crippen LogP contribution >= 0.6 is 0 Å². The largest absolute Gasteiger partial charge is 0.416 e. The normalized spacial score (nSPS) is 20.2. The van der Waals surface area contributed by atoms with Gasteiger partial charge < -0.3 is 5.32 Å². The fraction of sp³-hybridized carbons (Fsp3) is 0.385. The summed E-state index contributed by atoms with van der Waals surface area (Å²) in [6, 6.07) is 1.14. The van der Waals surface area contributed by atoms with E-state index in [-0.39, 0.29) is 11.6 Å². The highest BCUT2D eigenvalue weighted by molar-refractivity contribution is 5.36. The maximum absolute atomic E-state index is 12.7. The minimum Gasteiger partial charge on any atom is -0.306 e. The van der Waals surface area contributed by atoms with Gasteiger partial charge in [0.2, 0.25) is 0 Å². The summed E-state index contributed by atoms with van der Waals surface area (Å²) in [5.41, 5.74) is -2.56. The zero-order valence-electron chi connectivity index (χ0n) is 10.1. The van der Waals surface area contributed by atoms with Crippen LogP contribution in [0.4, 0.5) is 26.3 Å². The number of rotatable bonds is 1. The summed E-state index contributed by atoms with van der Waals surface area (Å²) >= 11 is 0. The summed E-state index contributed by atoms with van der Waals surface area (Å²) in [6.45, 7) is 0.419. The molecule has 0 fully saturated rings. The first-order chi connectivity index (χ1) is 9.18. The molecule has 110 valence electrons. The summed E-state index contributed by atoms with van der Waals surface area (Å²) < 4.78 is 76.2. The number of benzene rings is 1. The van der Waals surface area contributed by atoms with Crippen LogP contribution in [0.3, 0.4) is 0 Å². The average molecular weight is 295 g/mol. The zero-order valence-corrected chi connectivity index (χ0v) is 10.1. The summed E-state index contributed by atoms with van der Waals surface area (Å²) in [5.74, 6) is 0. The molecule has 1 aliphatic heterocycles. The number of nitrogens with one attached hydrogen (secondary N) is 1. The molecular formula is C13H11F6N. The van der Waals surface area contributed by atoms with Gasteiger partial charge in [-0.05, 0) is 30.2 Å². The standard InChI is InChI=1S/C13H11F6N/c14-12(15,16)9-5-8(11-3-1-2-4-20-11)6-10(7-9)13(17,18)19/h1-2,5-7,11,20H,3-4H2. The molecule has 1 atom stereocenters.